The summed E-state index contributed by atoms with van der Waals surface area (Å²) in [6, 6.07) is 6.33. The summed E-state index contributed by atoms with van der Waals surface area (Å²) >= 11 is 0. The summed E-state index contributed by atoms with van der Waals surface area (Å²) in [5.41, 5.74) is -0.268. The molecular formula is C11H7FN2O3. The van der Waals surface area contributed by atoms with Crippen LogP contribution < -0.4 is 4.74 Å². The fraction of sp³-hybridized carbons (Fsp3) is 0. The maximum absolute atomic E-state index is 12.9. The van der Waals surface area contributed by atoms with Crippen molar-refractivity contribution in [2.45, 2.75) is 0 Å². The van der Waals surface area contributed by atoms with Crippen LogP contribution in [-0.4, -0.2) is 21.3 Å². The zero-order chi connectivity index (χ0) is 12.3. The van der Waals surface area contributed by atoms with Crippen LogP contribution in [-0.2, 0) is 0 Å². The molecule has 1 heterocycles. The first-order valence-electron chi connectivity index (χ1n) is 4.65. The molecule has 0 saturated carbocycles. The Morgan fingerprint density at radius 2 is 2.18 bits per heavy atom. The number of carboxylic acids is 1. The van der Waals surface area contributed by atoms with Crippen LogP contribution in [0.5, 0.6) is 11.6 Å². The van der Waals surface area contributed by atoms with Gasteiger partial charge in [-0.2, -0.15) is 5.10 Å². The summed E-state index contributed by atoms with van der Waals surface area (Å²) in [6.07, 6.45) is 1.45. The van der Waals surface area contributed by atoms with E-state index in [-0.39, 0.29) is 17.2 Å². The topological polar surface area (TPSA) is 72.3 Å². The van der Waals surface area contributed by atoms with Gasteiger partial charge in [0.05, 0.1) is 0 Å². The minimum absolute atomic E-state index is 0.0133. The van der Waals surface area contributed by atoms with Crippen molar-refractivity contribution in [3.8, 4) is 11.6 Å². The van der Waals surface area contributed by atoms with Gasteiger partial charge >= 0.3 is 5.97 Å². The van der Waals surface area contributed by atoms with E-state index in [4.69, 9.17) is 9.84 Å². The number of aromatic carboxylic acids is 1. The average molecular weight is 234 g/mol. The molecule has 2 aromatic rings. The van der Waals surface area contributed by atoms with Crippen LogP contribution in [0.3, 0.4) is 0 Å². The Balaban J connectivity index is 2.36. The molecule has 2 rings (SSSR count). The Morgan fingerprint density at radius 1 is 1.35 bits per heavy atom. The normalized spacial score (nSPS) is 9.94. The summed E-state index contributed by atoms with van der Waals surface area (Å²) in [5, 5.41) is 16.1. The van der Waals surface area contributed by atoms with Gasteiger partial charge in [0.25, 0.3) is 0 Å². The minimum atomic E-state index is -1.27. The molecule has 0 unspecified atom stereocenters. The van der Waals surface area contributed by atoms with Gasteiger partial charge in [0.15, 0.2) is 0 Å². The zero-order valence-corrected chi connectivity index (χ0v) is 8.50. The monoisotopic (exact) mass is 234 g/mol. The average Bonchev–Trinajstić information content (AvgIpc) is 2.32. The van der Waals surface area contributed by atoms with Gasteiger partial charge in [-0.1, -0.05) is 0 Å². The SMILES string of the molecule is O=C(O)c1cc(F)ccc1Oc1cccnn1. The van der Waals surface area contributed by atoms with Crippen molar-refractivity contribution >= 4 is 5.97 Å². The first kappa shape index (κ1) is 11.0. The Labute approximate surface area is 95.5 Å². The van der Waals surface area contributed by atoms with Gasteiger partial charge in [-0.25, -0.2) is 9.18 Å². The van der Waals surface area contributed by atoms with Crippen molar-refractivity contribution in [2.75, 3.05) is 0 Å². The number of halogens is 1. The Kier molecular flexibility index (Phi) is 2.95. The van der Waals surface area contributed by atoms with Crippen LogP contribution >= 0.6 is 0 Å². The van der Waals surface area contributed by atoms with E-state index in [1.165, 1.54) is 18.3 Å². The summed E-state index contributed by atoms with van der Waals surface area (Å²) in [7, 11) is 0. The third kappa shape index (κ3) is 2.54. The van der Waals surface area contributed by atoms with Crippen molar-refractivity contribution in [1.82, 2.24) is 10.2 Å². The van der Waals surface area contributed by atoms with E-state index >= 15 is 0 Å². The lowest BCUT2D eigenvalue weighted by atomic mass is 10.2. The number of nitrogens with zero attached hydrogens (tertiary/aromatic N) is 2. The highest BCUT2D eigenvalue weighted by molar-refractivity contribution is 5.90. The quantitative estimate of drug-likeness (QED) is 0.880. The standard InChI is InChI=1S/C11H7FN2O3/c12-7-3-4-9(8(6-7)11(15)16)17-10-2-1-5-13-14-10/h1-6H,(H,15,16). The number of ether oxygens (including phenoxy) is 1. The van der Waals surface area contributed by atoms with E-state index in [0.717, 1.165) is 12.1 Å². The van der Waals surface area contributed by atoms with Crippen LogP contribution in [0.1, 0.15) is 10.4 Å². The molecule has 0 spiro atoms. The second-order valence-corrected chi connectivity index (χ2v) is 3.11. The molecule has 6 heteroatoms. The van der Waals surface area contributed by atoms with E-state index in [9.17, 15) is 9.18 Å². The van der Waals surface area contributed by atoms with Gasteiger partial charge in [-0.15, -0.1) is 5.10 Å². The van der Waals surface area contributed by atoms with Crippen molar-refractivity contribution in [3.05, 3.63) is 47.9 Å². The molecule has 0 aliphatic carbocycles. The number of rotatable bonds is 3. The summed E-state index contributed by atoms with van der Waals surface area (Å²) in [4.78, 5) is 10.9. The molecule has 0 atom stereocenters. The molecule has 0 radical (unpaired) electrons. The fourth-order valence-electron chi connectivity index (χ4n) is 1.21. The number of carbonyl (C=O) groups is 1. The van der Waals surface area contributed by atoms with Crippen molar-refractivity contribution < 1.29 is 19.0 Å². The van der Waals surface area contributed by atoms with Gasteiger partial charge in [-0.05, 0) is 24.3 Å². The maximum Gasteiger partial charge on any atom is 0.339 e. The number of hydrogen-bond acceptors (Lipinski definition) is 4. The minimum Gasteiger partial charge on any atom is -0.478 e. The van der Waals surface area contributed by atoms with Crippen LogP contribution in [0.2, 0.25) is 0 Å². The van der Waals surface area contributed by atoms with Gasteiger partial charge in [0.1, 0.15) is 17.1 Å². The summed E-state index contributed by atoms with van der Waals surface area (Å²) in [5.74, 6) is -1.77. The second kappa shape index (κ2) is 4.56. The summed E-state index contributed by atoms with van der Waals surface area (Å²) in [6.45, 7) is 0. The van der Waals surface area contributed by atoms with Gasteiger partial charge < -0.3 is 9.84 Å². The predicted molar refractivity (Wildman–Crippen MR) is 55.5 cm³/mol. The molecular weight excluding hydrogens is 227 g/mol. The van der Waals surface area contributed by atoms with Crippen LogP contribution in [0.4, 0.5) is 4.39 Å². The molecule has 17 heavy (non-hydrogen) atoms. The van der Waals surface area contributed by atoms with Crippen LogP contribution in [0, 0.1) is 5.82 Å². The lowest BCUT2D eigenvalue weighted by Gasteiger charge is -2.06. The van der Waals surface area contributed by atoms with Gasteiger partial charge in [0, 0.05) is 12.3 Å². The molecule has 0 fully saturated rings. The molecule has 0 aliphatic rings. The molecule has 1 N–H and O–H groups in total. The Hall–Kier alpha value is -2.50. The third-order valence-corrected chi connectivity index (χ3v) is 1.93. The van der Waals surface area contributed by atoms with Crippen molar-refractivity contribution in [1.29, 1.82) is 0 Å². The van der Waals surface area contributed by atoms with E-state index in [0.29, 0.717) is 0 Å². The lowest BCUT2D eigenvalue weighted by Crippen LogP contribution is -2.01. The molecule has 5 nitrogen and oxygen atoms in total. The zero-order valence-electron chi connectivity index (χ0n) is 8.50. The van der Waals surface area contributed by atoms with E-state index < -0.39 is 11.8 Å². The molecule has 0 saturated heterocycles. The maximum atomic E-state index is 12.9. The first-order chi connectivity index (χ1) is 8.16. The summed E-state index contributed by atoms with van der Waals surface area (Å²) < 4.78 is 18.1. The molecule has 86 valence electrons. The van der Waals surface area contributed by atoms with Gasteiger partial charge in [-0.3, -0.25) is 0 Å². The van der Waals surface area contributed by atoms with Crippen LogP contribution in [0.15, 0.2) is 36.5 Å². The Bertz CT molecular complexity index is 546. The number of benzene rings is 1. The highest BCUT2D eigenvalue weighted by atomic mass is 19.1. The highest BCUT2D eigenvalue weighted by Gasteiger charge is 2.13. The number of carboxylic acid groups (broad SMARTS) is 1. The van der Waals surface area contributed by atoms with Crippen molar-refractivity contribution in [3.63, 3.8) is 0 Å². The first-order valence-corrected chi connectivity index (χ1v) is 4.65. The molecule has 1 aromatic carbocycles. The number of hydrogen-bond donors (Lipinski definition) is 1. The van der Waals surface area contributed by atoms with E-state index in [1.807, 2.05) is 0 Å². The van der Waals surface area contributed by atoms with Crippen LogP contribution in [0.25, 0.3) is 0 Å². The smallest absolute Gasteiger partial charge is 0.339 e. The molecule has 1 aromatic heterocycles. The molecule has 0 amide bonds. The lowest BCUT2D eigenvalue weighted by molar-refractivity contribution is 0.0693. The molecule has 0 aliphatic heterocycles. The second-order valence-electron chi connectivity index (χ2n) is 3.11. The fourth-order valence-corrected chi connectivity index (χ4v) is 1.21. The molecule has 0 bridgehead atoms. The number of aromatic nitrogens is 2. The van der Waals surface area contributed by atoms with Crippen molar-refractivity contribution in [2.24, 2.45) is 0 Å². The van der Waals surface area contributed by atoms with E-state index in [2.05, 4.69) is 10.2 Å². The largest absolute Gasteiger partial charge is 0.478 e. The Morgan fingerprint density at radius 3 is 2.82 bits per heavy atom. The third-order valence-electron chi connectivity index (χ3n) is 1.93. The van der Waals surface area contributed by atoms with E-state index in [1.54, 1.807) is 6.07 Å². The highest BCUT2D eigenvalue weighted by Crippen LogP contribution is 2.24. The van der Waals surface area contributed by atoms with Gasteiger partial charge in [0.2, 0.25) is 5.88 Å². The predicted octanol–water partition coefficient (Wildman–Crippen LogP) is 2.11.